The fourth-order valence-corrected chi connectivity index (χ4v) is 4.13. The summed E-state index contributed by atoms with van der Waals surface area (Å²) in [7, 11) is 0. The Labute approximate surface area is 116 Å². The second kappa shape index (κ2) is 11.7. The molecular weight excluding hydrogens is 246 g/mol. The Morgan fingerprint density at radius 1 is 1.00 bits per heavy atom. The Bertz CT molecular complexity index is 158. The summed E-state index contributed by atoms with van der Waals surface area (Å²) in [5, 5.41) is 0. The van der Waals surface area contributed by atoms with E-state index in [0.29, 0.717) is 0 Å². The van der Waals surface area contributed by atoms with Gasteiger partial charge in [-0.05, 0) is 37.3 Å². The molecule has 0 atom stereocenters. The maximum Gasteiger partial charge on any atom is 0.0445 e. The molecule has 1 fully saturated rings. The van der Waals surface area contributed by atoms with Crippen LogP contribution in [0.5, 0.6) is 0 Å². The average Bonchev–Trinajstić information content (AvgIpc) is 2.85. The summed E-state index contributed by atoms with van der Waals surface area (Å²) < 4.78 is 0. The van der Waals surface area contributed by atoms with E-state index < -0.39 is 0 Å². The van der Waals surface area contributed by atoms with Gasteiger partial charge in [-0.1, -0.05) is 32.6 Å². The van der Waals surface area contributed by atoms with E-state index in [1.54, 1.807) is 0 Å². The van der Waals surface area contributed by atoms with Crippen molar-refractivity contribution in [2.24, 2.45) is 0 Å². The van der Waals surface area contributed by atoms with Crippen LogP contribution < -0.4 is 0 Å². The van der Waals surface area contributed by atoms with Crippen LogP contribution in [-0.4, -0.2) is 41.1 Å². The summed E-state index contributed by atoms with van der Waals surface area (Å²) >= 11 is 4.25. The van der Waals surface area contributed by atoms with Gasteiger partial charge < -0.3 is 0 Å². The Morgan fingerprint density at radius 3 is 2.47 bits per heavy atom. The molecule has 0 N–H and O–H groups in total. The summed E-state index contributed by atoms with van der Waals surface area (Å²) in [6.45, 7) is 4.95. The minimum Gasteiger partial charge on any atom is -0.293 e. The molecule has 102 valence electrons. The van der Waals surface area contributed by atoms with E-state index in [-0.39, 0.29) is 0 Å². The molecule has 1 nitrogen and oxygen atoms in total. The Hall–Kier alpha value is 0.660. The Balaban J connectivity index is 1.69. The van der Waals surface area contributed by atoms with Crippen molar-refractivity contribution < 1.29 is 0 Å². The molecule has 0 amide bonds. The highest BCUT2D eigenvalue weighted by molar-refractivity contribution is 7.99. The van der Waals surface area contributed by atoms with E-state index in [1.165, 1.54) is 81.2 Å². The van der Waals surface area contributed by atoms with Crippen molar-refractivity contribution in [1.29, 1.82) is 0 Å². The van der Waals surface area contributed by atoms with Gasteiger partial charge in [0.25, 0.3) is 0 Å². The van der Waals surface area contributed by atoms with Gasteiger partial charge in [0.15, 0.2) is 0 Å². The lowest BCUT2D eigenvalue weighted by atomic mass is 10.2. The first kappa shape index (κ1) is 15.7. The minimum atomic E-state index is 1.28. The van der Waals surface area contributed by atoms with Gasteiger partial charge in [0.1, 0.15) is 0 Å². The second-order valence-corrected chi connectivity index (χ2v) is 7.19. The molecule has 0 aromatic heterocycles. The van der Waals surface area contributed by atoms with Gasteiger partial charge in [0, 0.05) is 18.2 Å². The van der Waals surface area contributed by atoms with Crippen LogP contribution in [0.3, 0.4) is 0 Å². The van der Waals surface area contributed by atoms with Crippen LogP contribution in [0.25, 0.3) is 0 Å². The monoisotopic (exact) mass is 275 g/mol. The van der Waals surface area contributed by atoms with Gasteiger partial charge in [-0.2, -0.15) is 11.8 Å². The molecule has 0 unspecified atom stereocenters. The van der Waals surface area contributed by atoms with Crippen LogP contribution in [0.2, 0.25) is 0 Å². The molecule has 1 saturated heterocycles. The van der Waals surface area contributed by atoms with Gasteiger partial charge in [-0.3, -0.25) is 4.90 Å². The van der Waals surface area contributed by atoms with E-state index in [2.05, 4.69) is 35.3 Å². The lowest BCUT2D eigenvalue weighted by Gasteiger charge is -2.12. The summed E-state index contributed by atoms with van der Waals surface area (Å²) in [6, 6.07) is 0. The number of rotatable bonds is 11. The highest BCUT2D eigenvalue weighted by atomic mass is 32.2. The summed E-state index contributed by atoms with van der Waals surface area (Å²) in [4.78, 5) is 2.60. The lowest BCUT2D eigenvalue weighted by molar-refractivity contribution is 0.349. The highest BCUT2D eigenvalue weighted by Gasteiger charge is 2.10. The van der Waals surface area contributed by atoms with Crippen molar-refractivity contribution in [3.63, 3.8) is 0 Å². The van der Waals surface area contributed by atoms with E-state index in [1.807, 2.05) is 0 Å². The van der Waals surface area contributed by atoms with Crippen LogP contribution in [0.1, 0.15) is 51.9 Å². The molecule has 3 heteroatoms. The van der Waals surface area contributed by atoms with E-state index in [0.717, 1.165) is 0 Å². The molecule has 0 aromatic rings. The van der Waals surface area contributed by atoms with Crippen molar-refractivity contribution in [2.75, 3.05) is 36.2 Å². The van der Waals surface area contributed by atoms with E-state index >= 15 is 0 Å². The van der Waals surface area contributed by atoms with Crippen molar-refractivity contribution in [2.45, 2.75) is 51.9 Å². The first-order valence-electron chi connectivity index (χ1n) is 7.31. The SMILES string of the molecule is CCCCCCCSCCCCN1CCSC1. The van der Waals surface area contributed by atoms with E-state index in [9.17, 15) is 0 Å². The standard InChI is InChI=1S/C14H29NS2/c1-2-3-4-5-7-11-16-12-8-6-9-15-10-13-17-14-15/h2-14H2,1H3. The quantitative estimate of drug-likeness (QED) is 0.512. The first-order valence-corrected chi connectivity index (χ1v) is 9.62. The third-order valence-electron chi connectivity index (χ3n) is 3.23. The molecule has 0 aromatic carbocycles. The molecule has 0 saturated carbocycles. The van der Waals surface area contributed by atoms with Crippen molar-refractivity contribution in [3.05, 3.63) is 0 Å². The molecular formula is C14H29NS2. The number of hydrogen-bond donors (Lipinski definition) is 0. The Morgan fingerprint density at radius 2 is 1.76 bits per heavy atom. The van der Waals surface area contributed by atoms with Crippen LogP contribution >= 0.6 is 23.5 Å². The zero-order chi connectivity index (χ0) is 12.2. The zero-order valence-corrected chi connectivity index (χ0v) is 13.1. The number of nitrogens with zero attached hydrogens (tertiary/aromatic N) is 1. The van der Waals surface area contributed by atoms with Crippen molar-refractivity contribution >= 4 is 23.5 Å². The van der Waals surface area contributed by atoms with Crippen LogP contribution in [-0.2, 0) is 0 Å². The predicted octanol–water partition coefficient (Wildman–Crippen LogP) is 4.48. The largest absolute Gasteiger partial charge is 0.293 e. The van der Waals surface area contributed by atoms with Crippen LogP contribution in [0, 0.1) is 0 Å². The van der Waals surface area contributed by atoms with Gasteiger partial charge in [0.05, 0.1) is 0 Å². The lowest BCUT2D eigenvalue weighted by Crippen LogP contribution is -2.20. The maximum atomic E-state index is 2.60. The average molecular weight is 276 g/mol. The van der Waals surface area contributed by atoms with Crippen molar-refractivity contribution in [1.82, 2.24) is 4.90 Å². The third kappa shape index (κ3) is 9.26. The summed E-state index contributed by atoms with van der Waals surface area (Å²) in [6.07, 6.45) is 9.95. The van der Waals surface area contributed by atoms with Gasteiger partial charge >= 0.3 is 0 Å². The van der Waals surface area contributed by atoms with Crippen LogP contribution in [0.4, 0.5) is 0 Å². The molecule has 1 rings (SSSR count). The molecule has 1 aliphatic heterocycles. The normalized spacial score (nSPS) is 16.8. The molecule has 0 bridgehead atoms. The van der Waals surface area contributed by atoms with Crippen LogP contribution in [0.15, 0.2) is 0 Å². The molecule has 0 spiro atoms. The third-order valence-corrected chi connectivity index (χ3v) is 5.40. The van der Waals surface area contributed by atoms with Gasteiger partial charge in [-0.15, -0.1) is 11.8 Å². The maximum absolute atomic E-state index is 2.60. The summed E-state index contributed by atoms with van der Waals surface area (Å²) in [5.74, 6) is 5.41. The number of thioether (sulfide) groups is 2. The fraction of sp³-hybridized carbons (Fsp3) is 1.00. The predicted molar refractivity (Wildman–Crippen MR) is 84.2 cm³/mol. The molecule has 0 aliphatic carbocycles. The highest BCUT2D eigenvalue weighted by Crippen LogP contribution is 2.15. The fourth-order valence-electron chi connectivity index (χ4n) is 2.08. The van der Waals surface area contributed by atoms with Crippen molar-refractivity contribution in [3.8, 4) is 0 Å². The van der Waals surface area contributed by atoms with E-state index in [4.69, 9.17) is 0 Å². The minimum absolute atomic E-state index is 1.28. The number of hydrogen-bond acceptors (Lipinski definition) is 3. The molecule has 1 heterocycles. The van der Waals surface area contributed by atoms with Gasteiger partial charge in [-0.25, -0.2) is 0 Å². The summed E-state index contributed by atoms with van der Waals surface area (Å²) in [5.41, 5.74) is 0. The van der Waals surface area contributed by atoms with Gasteiger partial charge in [0.2, 0.25) is 0 Å². The smallest absolute Gasteiger partial charge is 0.0445 e. The zero-order valence-electron chi connectivity index (χ0n) is 11.5. The second-order valence-electron chi connectivity index (χ2n) is 4.89. The Kier molecular flexibility index (Phi) is 10.8. The first-order chi connectivity index (χ1) is 8.43. The molecule has 0 radical (unpaired) electrons. The topological polar surface area (TPSA) is 3.24 Å². The number of unbranched alkanes of at least 4 members (excludes halogenated alkanes) is 5. The molecule has 1 aliphatic rings. The molecule has 17 heavy (non-hydrogen) atoms.